The summed E-state index contributed by atoms with van der Waals surface area (Å²) in [5, 5.41) is 8.80. The number of benzene rings is 1. The summed E-state index contributed by atoms with van der Waals surface area (Å²) in [7, 11) is 2.67. The summed E-state index contributed by atoms with van der Waals surface area (Å²) in [5.41, 5.74) is 0.208. The molecule has 0 spiro atoms. The van der Waals surface area contributed by atoms with Gasteiger partial charge in [0.1, 0.15) is 11.6 Å². The lowest BCUT2D eigenvalue weighted by Gasteiger charge is -2.13. The number of hydrogen-bond acceptors (Lipinski definition) is 3. The van der Waals surface area contributed by atoms with Crippen LogP contribution in [0.4, 0.5) is 4.39 Å². The molecule has 0 aliphatic heterocycles. The van der Waals surface area contributed by atoms with Gasteiger partial charge in [-0.05, 0) is 12.1 Å². The van der Waals surface area contributed by atoms with Gasteiger partial charge in [-0.1, -0.05) is 6.07 Å². The number of hydrogen-bond donors (Lipinski definition) is 1. The molecule has 4 nitrogen and oxygen atoms in total. The summed E-state index contributed by atoms with van der Waals surface area (Å²) >= 11 is 0. The largest absolute Gasteiger partial charge is 0.496 e. The second-order valence-electron chi connectivity index (χ2n) is 3.19. The van der Waals surface area contributed by atoms with Gasteiger partial charge in [0.05, 0.1) is 7.11 Å². The molecule has 0 radical (unpaired) electrons. The standard InChI is InChI=1S/C11H13FO4/c1-15-9-5-3-4-8(12)7(9)6-10(16-2)11(13)14/h3-5,10H,6H2,1-2H3,(H,13,14). The third kappa shape index (κ3) is 2.70. The maximum absolute atomic E-state index is 13.5. The Kier molecular flexibility index (Phi) is 4.25. The molecule has 0 aromatic heterocycles. The molecule has 1 N–H and O–H groups in total. The maximum Gasteiger partial charge on any atom is 0.333 e. The van der Waals surface area contributed by atoms with E-state index in [2.05, 4.69) is 0 Å². The van der Waals surface area contributed by atoms with Crippen molar-refractivity contribution in [1.82, 2.24) is 0 Å². The van der Waals surface area contributed by atoms with Crippen molar-refractivity contribution in [2.45, 2.75) is 12.5 Å². The minimum absolute atomic E-state index is 0.0678. The van der Waals surface area contributed by atoms with Gasteiger partial charge in [0.15, 0.2) is 6.10 Å². The second-order valence-corrected chi connectivity index (χ2v) is 3.19. The molecule has 1 aromatic carbocycles. The van der Waals surface area contributed by atoms with Gasteiger partial charge in [-0.25, -0.2) is 9.18 Å². The third-order valence-electron chi connectivity index (χ3n) is 2.25. The molecule has 0 heterocycles. The maximum atomic E-state index is 13.5. The van der Waals surface area contributed by atoms with Crippen molar-refractivity contribution < 1.29 is 23.8 Å². The fourth-order valence-corrected chi connectivity index (χ4v) is 1.39. The molecule has 1 atom stereocenters. The third-order valence-corrected chi connectivity index (χ3v) is 2.25. The van der Waals surface area contributed by atoms with Crippen LogP contribution >= 0.6 is 0 Å². The SMILES string of the molecule is COc1cccc(F)c1CC(OC)C(=O)O. The Bertz CT molecular complexity index is 378. The van der Waals surface area contributed by atoms with Crippen molar-refractivity contribution >= 4 is 5.97 Å². The molecule has 0 amide bonds. The van der Waals surface area contributed by atoms with E-state index in [1.54, 1.807) is 6.07 Å². The Morgan fingerprint density at radius 3 is 2.69 bits per heavy atom. The van der Waals surface area contributed by atoms with Crippen LogP contribution in [0, 0.1) is 5.82 Å². The first-order chi connectivity index (χ1) is 7.60. The first kappa shape index (κ1) is 12.4. The molecule has 88 valence electrons. The number of halogens is 1. The Morgan fingerprint density at radius 1 is 1.50 bits per heavy atom. The van der Waals surface area contributed by atoms with Crippen molar-refractivity contribution in [3.63, 3.8) is 0 Å². The summed E-state index contributed by atoms with van der Waals surface area (Å²) in [6.45, 7) is 0. The molecular weight excluding hydrogens is 215 g/mol. The highest BCUT2D eigenvalue weighted by Crippen LogP contribution is 2.23. The van der Waals surface area contributed by atoms with Gasteiger partial charge in [0.25, 0.3) is 0 Å². The molecule has 0 bridgehead atoms. The van der Waals surface area contributed by atoms with Gasteiger partial charge in [-0.2, -0.15) is 0 Å². The molecule has 16 heavy (non-hydrogen) atoms. The van der Waals surface area contributed by atoms with Crippen LogP contribution in [0.2, 0.25) is 0 Å². The molecule has 0 fully saturated rings. The quantitative estimate of drug-likeness (QED) is 0.829. The van der Waals surface area contributed by atoms with E-state index >= 15 is 0 Å². The molecule has 1 aromatic rings. The van der Waals surface area contributed by atoms with E-state index < -0.39 is 17.9 Å². The summed E-state index contributed by atoms with van der Waals surface area (Å²) in [6.07, 6.45) is -1.15. The number of aliphatic carboxylic acids is 1. The highest BCUT2D eigenvalue weighted by atomic mass is 19.1. The number of ether oxygens (including phenoxy) is 2. The zero-order valence-corrected chi connectivity index (χ0v) is 9.07. The predicted octanol–water partition coefficient (Wildman–Crippen LogP) is 1.48. The number of carboxylic acids is 1. The van der Waals surface area contributed by atoms with Crippen molar-refractivity contribution in [1.29, 1.82) is 0 Å². The van der Waals surface area contributed by atoms with E-state index in [9.17, 15) is 9.18 Å². The van der Waals surface area contributed by atoms with E-state index in [0.29, 0.717) is 5.75 Å². The number of methoxy groups -OCH3 is 2. The van der Waals surface area contributed by atoms with Gasteiger partial charge < -0.3 is 14.6 Å². The van der Waals surface area contributed by atoms with E-state index in [1.807, 2.05) is 0 Å². The van der Waals surface area contributed by atoms with Crippen molar-refractivity contribution in [3.05, 3.63) is 29.6 Å². The molecule has 1 rings (SSSR count). The van der Waals surface area contributed by atoms with Crippen LogP contribution in [0.15, 0.2) is 18.2 Å². The summed E-state index contributed by atoms with van der Waals surface area (Å²) in [4.78, 5) is 10.8. The Balaban J connectivity index is 2.98. The van der Waals surface area contributed by atoms with Gasteiger partial charge >= 0.3 is 5.97 Å². The van der Waals surface area contributed by atoms with Crippen LogP contribution in [0.25, 0.3) is 0 Å². The lowest BCUT2D eigenvalue weighted by molar-refractivity contribution is -0.148. The summed E-state index contributed by atoms with van der Waals surface area (Å²) < 4.78 is 23.2. The van der Waals surface area contributed by atoms with E-state index in [-0.39, 0.29) is 12.0 Å². The zero-order chi connectivity index (χ0) is 12.1. The van der Waals surface area contributed by atoms with Crippen molar-refractivity contribution in [2.75, 3.05) is 14.2 Å². The van der Waals surface area contributed by atoms with E-state index in [1.165, 1.54) is 26.4 Å². The lowest BCUT2D eigenvalue weighted by Crippen LogP contribution is -2.25. The normalized spacial score (nSPS) is 12.2. The number of carboxylic acid groups (broad SMARTS) is 1. The lowest BCUT2D eigenvalue weighted by atomic mass is 10.1. The molecule has 1 unspecified atom stereocenters. The average molecular weight is 228 g/mol. The number of carbonyl (C=O) groups is 1. The predicted molar refractivity (Wildman–Crippen MR) is 55.1 cm³/mol. The van der Waals surface area contributed by atoms with Gasteiger partial charge in [-0.15, -0.1) is 0 Å². The molecule has 0 aliphatic carbocycles. The van der Waals surface area contributed by atoms with E-state index in [4.69, 9.17) is 14.6 Å². The molecule has 0 saturated heterocycles. The van der Waals surface area contributed by atoms with Crippen LogP contribution in [-0.2, 0) is 16.0 Å². The molecule has 0 aliphatic rings. The van der Waals surface area contributed by atoms with E-state index in [0.717, 1.165) is 0 Å². The van der Waals surface area contributed by atoms with Crippen LogP contribution in [0.1, 0.15) is 5.56 Å². The van der Waals surface area contributed by atoms with Crippen LogP contribution in [-0.4, -0.2) is 31.4 Å². The van der Waals surface area contributed by atoms with Crippen LogP contribution in [0.5, 0.6) is 5.75 Å². The highest BCUT2D eigenvalue weighted by Gasteiger charge is 2.21. The number of rotatable bonds is 5. The minimum atomic E-state index is -1.13. The minimum Gasteiger partial charge on any atom is -0.496 e. The van der Waals surface area contributed by atoms with Gasteiger partial charge in [-0.3, -0.25) is 0 Å². The van der Waals surface area contributed by atoms with Gasteiger partial charge in [0, 0.05) is 19.1 Å². The van der Waals surface area contributed by atoms with Crippen molar-refractivity contribution in [3.8, 4) is 5.75 Å². The monoisotopic (exact) mass is 228 g/mol. The first-order valence-corrected chi connectivity index (χ1v) is 4.67. The molecule has 0 saturated carbocycles. The fourth-order valence-electron chi connectivity index (χ4n) is 1.39. The molecular formula is C11H13FO4. The smallest absolute Gasteiger partial charge is 0.333 e. The Hall–Kier alpha value is -1.62. The fraction of sp³-hybridized carbons (Fsp3) is 0.364. The summed E-state index contributed by atoms with van der Waals surface area (Å²) in [5.74, 6) is -1.31. The van der Waals surface area contributed by atoms with Crippen molar-refractivity contribution in [2.24, 2.45) is 0 Å². The highest BCUT2D eigenvalue weighted by molar-refractivity contribution is 5.73. The Morgan fingerprint density at radius 2 is 2.19 bits per heavy atom. The molecule has 5 heteroatoms. The Labute approximate surface area is 92.6 Å². The first-order valence-electron chi connectivity index (χ1n) is 4.67. The average Bonchev–Trinajstić information content (AvgIpc) is 2.26. The topological polar surface area (TPSA) is 55.8 Å². The van der Waals surface area contributed by atoms with Gasteiger partial charge in [0.2, 0.25) is 0 Å². The second kappa shape index (κ2) is 5.46. The summed E-state index contributed by atoms with van der Waals surface area (Å²) in [6, 6.07) is 4.33. The van der Waals surface area contributed by atoms with Crippen LogP contribution in [0.3, 0.4) is 0 Å². The zero-order valence-electron chi connectivity index (χ0n) is 9.07. The van der Waals surface area contributed by atoms with Crippen LogP contribution < -0.4 is 4.74 Å².